The third-order valence-electron chi connectivity index (χ3n) is 2.53. The summed E-state index contributed by atoms with van der Waals surface area (Å²) in [4.78, 5) is 11.4. The summed E-state index contributed by atoms with van der Waals surface area (Å²) in [5, 5.41) is 32.1. The Kier molecular flexibility index (Phi) is 5.83. The van der Waals surface area contributed by atoms with E-state index in [2.05, 4.69) is 5.32 Å². The van der Waals surface area contributed by atoms with Crippen molar-refractivity contribution >= 4 is 17.7 Å². The lowest BCUT2D eigenvalue weighted by atomic mass is 10.0. The third kappa shape index (κ3) is 5.79. The van der Waals surface area contributed by atoms with Gasteiger partial charge in [-0.25, -0.2) is 4.79 Å². The van der Waals surface area contributed by atoms with Gasteiger partial charge in [0.05, 0.1) is 0 Å². The number of nitrogens with one attached hydrogen (secondary N) is 1. The molecule has 6 nitrogen and oxygen atoms in total. The minimum absolute atomic E-state index is 0.0842. The normalized spacial score (nSPS) is 14.4. The number of rotatable bonds is 4. The summed E-state index contributed by atoms with van der Waals surface area (Å²) in [5.74, 6) is -0.191. The largest absolute Gasteiger partial charge is 0.508 e. The lowest BCUT2D eigenvalue weighted by molar-refractivity contribution is 0.0119. The van der Waals surface area contributed by atoms with Gasteiger partial charge in [-0.3, -0.25) is 0 Å². The topological polar surface area (TPSA) is 99.0 Å². The van der Waals surface area contributed by atoms with E-state index in [0.29, 0.717) is 5.02 Å². The number of aliphatic hydroxyl groups excluding tert-OH is 2. The number of benzene rings is 1. The highest BCUT2D eigenvalue weighted by molar-refractivity contribution is 6.30. The van der Waals surface area contributed by atoms with Crippen LogP contribution in [0.5, 0.6) is 5.75 Å². The summed E-state index contributed by atoms with van der Waals surface area (Å²) in [5.41, 5.74) is -0.570. The minimum Gasteiger partial charge on any atom is -0.508 e. The first-order valence-corrected chi connectivity index (χ1v) is 6.79. The van der Waals surface area contributed by atoms with Crippen molar-refractivity contribution in [1.29, 1.82) is 0 Å². The Hall–Kier alpha value is -1.50. The number of amides is 1. The number of hydrogen-bond acceptors (Lipinski definition) is 5. The van der Waals surface area contributed by atoms with Crippen LogP contribution in [0.3, 0.4) is 0 Å². The van der Waals surface area contributed by atoms with Crippen molar-refractivity contribution in [1.82, 2.24) is 5.32 Å². The van der Waals surface area contributed by atoms with E-state index in [-0.39, 0.29) is 17.9 Å². The summed E-state index contributed by atoms with van der Waals surface area (Å²) >= 11 is 5.77. The lowest BCUT2D eigenvalue weighted by Crippen LogP contribution is -2.38. The van der Waals surface area contributed by atoms with Crippen LogP contribution in [0, 0.1) is 0 Å². The molecule has 4 N–H and O–H groups in total. The zero-order chi connectivity index (χ0) is 16.2. The summed E-state index contributed by atoms with van der Waals surface area (Å²) in [7, 11) is 0. The second-order valence-corrected chi connectivity index (χ2v) is 6.03. The van der Waals surface area contributed by atoms with Crippen LogP contribution < -0.4 is 5.32 Å². The Morgan fingerprint density at radius 1 is 1.38 bits per heavy atom. The second kappa shape index (κ2) is 6.98. The minimum atomic E-state index is -1.39. The zero-order valence-corrected chi connectivity index (χ0v) is 12.9. The number of phenols is 1. The van der Waals surface area contributed by atoms with E-state index >= 15 is 0 Å². The van der Waals surface area contributed by atoms with Crippen LogP contribution >= 0.6 is 11.6 Å². The number of ether oxygens (including phenoxy) is 1. The van der Waals surface area contributed by atoms with E-state index in [1.54, 1.807) is 20.8 Å². The molecule has 0 heterocycles. The van der Waals surface area contributed by atoms with E-state index in [4.69, 9.17) is 16.3 Å². The second-order valence-electron chi connectivity index (χ2n) is 5.60. The molecule has 118 valence electrons. The monoisotopic (exact) mass is 317 g/mol. The molecule has 0 saturated heterocycles. The number of halogens is 1. The van der Waals surface area contributed by atoms with Crippen molar-refractivity contribution in [3.63, 3.8) is 0 Å². The molecule has 0 fully saturated rings. The SMILES string of the molecule is CC(C)(C)OC(=O)NCC(O)C(O)c1cc(Cl)ccc1O. The molecule has 1 rings (SSSR count). The molecule has 0 aliphatic carbocycles. The Balaban J connectivity index is 2.61. The standard InChI is InChI=1S/C14H20ClNO5/c1-14(2,3)21-13(20)16-7-11(18)12(19)9-6-8(15)4-5-10(9)17/h4-6,11-12,17-19H,7H2,1-3H3,(H,16,20). The van der Waals surface area contributed by atoms with Gasteiger partial charge in [-0.05, 0) is 39.0 Å². The Bertz CT molecular complexity index is 501. The molecule has 21 heavy (non-hydrogen) atoms. The average molecular weight is 318 g/mol. The highest BCUT2D eigenvalue weighted by Gasteiger charge is 2.23. The van der Waals surface area contributed by atoms with Crippen LogP contribution in [0.1, 0.15) is 32.4 Å². The molecule has 1 amide bonds. The van der Waals surface area contributed by atoms with E-state index in [1.807, 2.05) is 0 Å². The molecule has 2 atom stereocenters. The number of hydrogen-bond donors (Lipinski definition) is 4. The molecule has 1 aromatic rings. The van der Waals surface area contributed by atoms with Crippen molar-refractivity contribution in [2.24, 2.45) is 0 Å². The summed E-state index contributed by atoms with van der Waals surface area (Å²) in [6.45, 7) is 4.90. The van der Waals surface area contributed by atoms with Gasteiger partial charge >= 0.3 is 6.09 Å². The maximum atomic E-state index is 11.4. The van der Waals surface area contributed by atoms with Gasteiger partial charge in [0.15, 0.2) is 0 Å². The molecule has 7 heteroatoms. The molecule has 0 aliphatic heterocycles. The number of aromatic hydroxyl groups is 1. The quantitative estimate of drug-likeness (QED) is 0.680. The van der Waals surface area contributed by atoms with E-state index in [9.17, 15) is 20.1 Å². The van der Waals surface area contributed by atoms with Gasteiger partial charge in [0, 0.05) is 17.1 Å². The van der Waals surface area contributed by atoms with Crippen molar-refractivity contribution in [2.45, 2.75) is 38.6 Å². The molecular formula is C14H20ClNO5. The maximum Gasteiger partial charge on any atom is 0.407 e. The fourth-order valence-electron chi connectivity index (χ4n) is 1.58. The highest BCUT2D eigenvalue weighted by atomic mass is 35.5. The van der Waals surface area contributed by atoms with Gasteiger partial charge in [-0.15, -0.1) is 0 Å². The lowest BCUT2D eigenvalue weighted by Gasteiger charge is -2.22. The van der Waals surface area contributed by atoms with Crippen LogP contribution in [0.25, 0.3) is 0 Å². The van der Waals surface area contributed by atoms with Crippen molar-refractivity contribution in [2.75, 3.05) is 6.54 Å². The van der Waals surface area contributed by atoms with E-state index in [1.165, 1.54) is 18.2 Å². The number of alkyl carbamates (subject to hydrolysis) is 1. The predicted molar refractivity (Wildman–Crippen MR) is 78.3 cm³/mol. The first-order chi connectivity index (χ1) is 9.60. The van der Waals surface area contributed by atoms with Crippen molar-refractivity contribution < 1.29 is 24.9 Å². The molecule has 0 bridgehead atoms. The highest BCUT2D eigenvalue weighted by Crippen LogP contribution is 2.29. The Morgan fingerprint density at radius 3 is 2.57 bits per heavy atom. The summed E-state index contributed by atoms with van der Waals surface area (Å²) in [6.07, 6.45) is -3.41. The fourth-order valence-corrected chi connectivity index (χ4v) is 1.76. The fraction of sp³-hybridized carbons (Fsp3) is 0.500. The molecule has 0 aromatic heterocycles. The van der Waals surface area contributed by atoms with Gasteiger partial charge in [-0.2, -0.15) is 0 Å². The van der Waals surface area contributed by atoms with Crippen LogP contribution in [0.2, 0.25) is 5.02 Å². The van der Waals surface area contributed by atoms with Gasteiger partial charge in [0.1, 0.15) is 23.6 Å². The number of carbonyl (C=O) groups excluding carboxylic acids is 1. The smallest absolute Gasteiger partial charge is 0.407 e. The molecule has 0 saturated carbocycles. The van der Waals surface area contributed by atoms with Gasteiger partial charge < -0.3 is 25.4 Å². The Morgan fingerprint density at radius 2 is 2.00 bits per heavy atom. The zero-order valence-electron chi connectivity index (χ0n) is 12.1. The third-order valence-corrected chi connectivity index (χ3v) is 2.76. The van der Waals surface area contributed by atoms with Crippen molar-refractivity contribution in [3.05, 3.63) is 28.8 Å². The number of aliphatic hydroxyl groups is 2. The maximum absolute atomic E-state index is 11.4. The first kappa shape index (κ1) is 17.6. The van der Waals surface area contributed by atoms with E-state index < -0.39 is 23.9 Å². The molecule has 0 aliphatic rings. The molecule has 1 aromatic carbocycles. The van der Waals surface area contributed by atoms with Crippen molar-refractivity contribution in [3.8, 4) is 5.75 Å². The molecule has 2 unspecified atom stereocenters. The number of carbonyl (C=O) groups is 1. The van der Waals surface area contributed by atoms with Gasteiger partial charge in [0.25, 0.3) is 0 Å². The average Bonchev–Trinajstić information content (AvgIpc) is 2.36. The number of phenolic OH excluding ortho intramolecular Hbond substituents is 1. The van der Waals surface area contributed by atoms with Crippen LogP contribution in [-0.2, 0) is 4.74 Å². The van der Waals surface area contributed by atoms with E-state index in [0.717, 1.165) is 0 Å². The molecular weight excluding hydrogens is 298 g/mol. The summed E-state index contributed by atoms with van der Waals surface area (Å²) in [6, 6.07) is 4.12. The molecule has 0 radical (unpaired) electrons. The van der Waals surface area contributed by atoms with Gasteiger partial charge in [-0.1, -0.05) is 11.6 Å². The van der Waals surface area contributed by atoms with Crippen LogP contribution in [-0.4, -0.2) is 39.7 Å². The predicted octanol–water partition coefficient (Wildman–Crippen LogP) is 1.96. The summed E-state index contributed by atoms with van der Waals surface area (Å²) < 4.78 is 5.00. The molecule has 0 spiro atoms. The van der Waals surface area contributed by atoms with Crippen LogP contribution in [0.4, 0.5) is 4.79 Å². The Labute approximate surface area is 128 Å². The van der Waals surface area contributed by atoms with Crippen LogP contribution in [0.15, 0.2) is 18.2 Å². The first-order valence-electron chi connectivity index (χ1n) is 6.41. The van der Waals surface area contributed by atoms with Gasteiger partial charge in [0.2, 0.25) is 0 Å².